The minimum Gasteiger partial charge on any atom is -0.377 e. The zero-order valence-electron chi connectivity index (χ0n) is 15.3. The third-order valence-electron chi connectivity index (χ3n) is 5.51. The maximum absolute atomic E-state index is 11.9. The number of allylic oxidation sites excluding steroid dienone is 1. The summed E-state index contributed by atoms with van der Waals surface area (Å²) in [5, 5.41) is 3.76. The van der Waals surface area contributed by atoms with Crippen molar-refractivity contribution in [1.82, 2.24) is 0 Å². The molecule has 1 aromatic rings. The second-order valence-electron chi connectivity index (χ2n) is 8.37. The maximum Gasteiger partial charge on any atom is 0.158 e. The molecule has 2 unspecified atom stereocenters. The number of ketones is 1. The summed E-state index contributed by atoms with van der Waals surface area (Å²) in [6.45, 7) is 8.45. The Bertz CT molecular complexity index is 649. The van der Waals surface area contributed by atoms with E-state index in [1.165, 1.54) is 5.56 Å². The number of carbonyl (C=O) groups excluding carboxylic acids is 1. The predicted octanol–water partition coefficient (Wildman–Crippen LogP) is 4.83. The molecule has 24 heavy (non-hydrogen) atoms. The lowest BCUT2D eigenvalue weighted by Crippen LogP contribution is -2.55. The largest absolute Gasteiger partial charge is 0.377 e. The Morgan fingerprint density at radius 1 is 1.25 bits per heavy atom. The van der Waals surface area contributed by atoms with Crippen LogP contribution in [0.4, 0.5) is 5.69 Å². The van der Waals surface area contributed by atoms with Crippen LogP contribution in [-0.4, -0.2) is 23.5 Å². The number of nitrogens with one attached hydrogen (secondary N) is 1. The molecule has 0 radical (unpaired) electrons. The van der Waals surface area contributed by atoms with Gasteiger partial charge in [0.05, 0.1) is 11.6 Å². The molecule has 1 aromatic carbocycles. The van der Waals surface area contributed by atoms with Gasteiger partial charge >= 0.3 is 0 Å². The van der Waals surface area contributed by atoms with Crippen molar-refractivity contribution in [1.29, 1.82) is 0 Å². The Kier molecular flexibility index (Phi) is 4.56. The lowest BCUT2D eigenvalue weighted by molar-refractivity contribution is -0.145. The van der Waals surface area contributed by atoms with Gasteiger partial charge in [0.2, 0.25) is 0 Å². The van der Waals surface area contributed by atoms with E-state index in [1.54, 1.807) is 6.92 Å². The van der Waals surface area contributed by atoms with Gasteiger partial charge in [-0.2, -0.15) is 0 Å². The first-order chi connectivity index (χ1) is 11.3. The lowest BCUT2D eigenvalue weighted by Gasteiger charge is -2.47. The SMILES string of the molecule is CC(=O)C1CC[C@@]2(C)Nc3ccccc3/C=C\CC(C)(C)CC2O1. The molecule has 2 aliphatic heterocycles. The van der Waals surface area contributed by atoms with Crippen LogP contribution >= 0.6 is 0 Å². The van der Waals surface area contributed by atoms with Crippen molar-refractivity contribution >= 4 is 17.5 Å². The Labute approximate surface area is 145 Å². The highest BCUT2D eigenvalue weighted by Gasteiger charge is 2.44. The molecule has 3 heteroatoms. The van der Waals surface area contributed by atoms with E-state index in [4.69, 9.17) is 4.74 Å². The Hall–Kier alpha value is -1.61. The third kappa shape index (κ3) is 3.56. The van der Waals surface area contributed by atoms with Crippen molar-refractivity contribution in [2.75, 3.05) is 5.32 Å². The molecule has 0 saturated carbocycles. The number of Topliss-reactive ketones (excluding diaryl/α,β-unsaturated/α-hetero) is 1. The molecule has 0 aromatic heterocycles. The van der Waals surface area contributed by atoms with Gasteiger partial charge in [-0.25, -0.2) is 0 Å². The van der Waals surface area contributed by atoms with Crippen LogP contribution in [0, 0.1) is 5.41 Å². The van der Waals surface area contributed by atoms with E-state index in [1.807, 2.05) is 0 Å². The van der Waals surface area contributed by atoms with Crippen LogP contribution in [0.5, 0.6) is 0 Å². The molecule has 2 heterocycles. The first-order valence-corrected chi connectivity index (χ1v) is 8.99. The monoisotopic (exact) mass is 327 g/mol. The minimum absolute atomic E-state index is 0.0229. The zero-order chi connectivity index (χ0) is 17.4. The summed E-state index contributed by atoms with van der Waals surface area (Å²) in [5.74, 6) is 0.146. The molecule has 1 fully saturated rings. The number of fused-ring (bicyclic) bond motifs is 2. The van der Waals surface area contributed by atoms with Crippen molar-refractivity contribution in [2.45, 2.75) is 71.1 Å². The lowest BCUT2D eigenvalue weighted by atomic mass is 9.74. The second kappa shape index (κ2) is 6.36. The Morgan fingerprint density at radius 3 is 2.75 bits per heavy atom. The molecule has 130 valence electrons. The fraction of sp³-hybridized carbons (Fsp3) is 0.571. The summed E-state index contributed by atoms with van der Waals surface area (Å²) in [7, 11) is 0. The van der Waals surface area contributed by atoms with E-state index in [-0.39, 0.29) is 28.9 Å². The summed E-state index contributed by atoms with van der Waals surface area (Å²) in [4.78, 5) is 11.9. The number of carbonyl (C=O) groups is 1. The van der Waals surface area contributed by atoms with Crippen molar-refractivity contribution < 1.29 is 9.53 Å². The van der Waals surface area contributed by atoms with Crippen LogP contribution in [0.15, 0.2) is 30.3 Å². The standard InChI is InChI=1S/C21H29NO2/c1-15(23)18-11-13-21(4)19(24-18)14-20(2,3)12-7-9-16-8-5-6-10-17(16)22-21/h5-10,18-19,22H,11-14H2,1-4H3/b9-7-/t18?,19?,21-/m1/s1. The molecular weight excluding hydrogens is 298 g/mol. The van der Waals surface area contributed by atoms with E-state index in [0.29, 0.717) is 0 Å². The van der Waals surface area contributed by atoms with Gasteiger partial charge in [0.15, 0.2) is 5.78 Å². The number of hydrogen-bond donors (Lipinski definition) is 1. The molecule has 3 rings (SSSR count). The fourth-order valence-corrected chi connectivity index (χ4v) is 3.88. The van der Waals surface area contributed by atoms with Gasteiger partial charge in [0, 0.05) is 5.69 Å². The highest BCUT2D eigenvalue weighted by molar-refractivity contribution is 5.80. The summed E-state index contributed by atoms with van der Waals surface area (Å²) in [5.41, 5.74) is 2.33. The predicted molar refractivity (Wildman–Crippen MR) is 99.1 cm³/mol. The number of rotatable bonds is 1. The highest BCUT2D eigenvalue weighted by atomic mass is 16.5. The average molecular weight is 327 g/mol. The summed E-state index contributed by atoms with van der Waals surface area (Å²) < 4.78 is 6.30. The highest BCUT2D eigenvalue weighted by Crippen LogP contribution is 2.41. The Balaban J connectivity index is 1.99. The molecule has 3 atom stereocenters. The van der Waals surface area contributed by atoms with Gasteiger partial charge < -0.3 is 10.1 Å². The number of hydrogen-bond acceptors (Lipinski definition) is 3. The van der Waals surface area contributed by atoms with Crippen molar-refractivity contribution in [3.63, 3.8) is 0 Å². The first-order valence-electron chi connectivity index (χ1n) is 8.99. The molecule has 0 spiro atoms. The summed E-state index contributed by atoms with van der Waals surface area (Å²) in [6, 6.07) is 8.42. The zero-order valence-corrected chi connectivity index (χ0v) is 15.3. The van der Waals surface area contributed by atoms with Crippen molar-refractivity contribution in [3.05, 3.63) is 35.9 Å². The summed E-state index contributed by atoms with van der Waals surface area (Å²) in [6.07, 6.45) is 7.91. The van der Waals surface area contributed by atoms with E-state index in [9.17, 15) is 4.79 Å². The maximum atomic E-state index is 11.9. The molecule has 3 nitrogen and oxygen atoms in total. The van der Waals surface area contributed by atoms with Gasteiger partial charge in [-0.05, 0) is 56.6 Å². The first kappa shape index (κ1) is 17.2. The van der Waals surface area contributed by atoms with Crippen molar-refractivity contribution in [3.8, 4) is 0 Å². The molecular formula is C21H29NO2. The topological polar surface area (TPSA) is 38.3 Å². The van der Waals surface area contributed by atoms with Crippen LogP contribution < -0.4 is 5.32 Å². The molecule has 2 aliphatic rings. The van der Waals surface area contributed by atoms with E-state index in [0.717, 1.165) is 31.4 Å². The quantitative estimate of drug-likeness (QED) is 0.803. The average Bonchev–Trinajstić information content (AvgIpc) is 2.50. The van der Waals surface area contributed by atoms with Gasteiger partial charge in [-0.15, -0.1) is 0 Å². The molecule has 1 N–H and O–H groups in total. The normalized spacial score (nSPS) is 33.5. The van der Waals surface area contributed by atoms with Gasteiger partial charge in [-0.1, -0.05) is 44.2 Å². The van der Waals surface area contributed by atoms with Crippen LogP contribution in [0.2, 0.25) is 0 Å². The molecule has 1 saturated heterocycles. The fourth-order valence-electron chi connectivity index (χ4n) is 3.88. The van der Waals surface area contributed by atoms with Crippen LogP contribution in [0.1, 0.15) is 58.9 Å². The van der Waals surface area contributed by atoms with Gasteiger partial charge in [-0.3, -0.25) is 4.79 Å². The van der Waals surface area contributed by atoms with Crippen LogP contribution in [0.3, 0.4) is 0 Å². The number of benzene rings is 1. The van der Waals surface area contributed by atoms with Gasteiger partial charge in [0.25, 0.3) is 0 Å². The number of ether oxygens (including phenoxy) is 1. The second-order valence-corrected chi connectivity index (χ2v) is 8.37. The number of anilines is 1. The minimum atomic E-state index is -0.255. The van der Waals surface area contributed by atoms with E-state index < -0.39 is 0 Å². The van der Waals surface area contributed by atoms with Crippen molar-refractivity contribution in [2.24, 2.45) is 5.41 Å². The van der Waals surface area contributed by atoms with Crippen LogP contribution in [0.25, 0.3) is 6.08 Å². The van der Waals surface area contributed by atoms with E-state index >= 15 is 0 Å². The molecule has 0 aliphatic carbocycles. The smallest absolute Gasteiger partial charge is 0.158 e. The summed E-state index contributed by atoms with van der Waals surface area (Å²) >= 11 is 0. The van der Waals surface area contributed by atoms with Gasteiger partial charge in [0.1, 0.15) is 6.10 Å². The molecule has 0 amide bonds. The third-order valence-corrected chi connectivity index (χ3v) is 5.51. The van der Waals surface area contributed by atoms with E-state index in [2.05, 4.69) is 62.5 Å². The number of para-hydroxylation sites is 1. The Morgan fingerprint density at radius 2 is 2.00 bits per heavy atom. The molecule has 0 bridgehead atoms. The van der Waals surface area contributed by atoms with Crippen LogP contribution in [-0.2, 0) is 9.53 Å².